The zero-order valence-corrected chi connectivity index (χ0v) is 14.6. The van der Waals surface area contributed by atoms with Gasteiger partial charge in [0.2, 0.25) is 11.8 Å². The average molecular weight is 355 g/mol. The van der Waals surface area contributed by atoms with E-state index in [2.05, 4.69) is 10.2 Å². The Balaban J connectivity index is 1.47. The summed E-state index contributed by atoms with van der Waals surface area (Å²) >= 11 is 1.55. The Hall–Kier alpha value is -2.25. The van der Waals surface area contributed by atoms with Gasteiger partial charge in [-0.15, -0.1) is 21.5 Å². The van der Waals surface area contributed by atoms with Gasteiger partial charge in [-0.1, -0.05) is 18.2 Å². The van der Waals surface area contributed by atoms with Crippen molar-refractivity contribution in [2.75, 3.05) is 26.3 Å². The van der Waals surface area contributed by atoms with Crippen LogP contribution < -0.4 is 0 Å². The lowest BCUT2D eigenvalue weighted by molar-refractivity contribution is 0.0743. The van der Waals surface area contributed by atoms with Gasteiger partial charge in [-0.3, -0.25) is 4.79 Å². The van der Waals surface area contributed by atoms with E-state index < -0.39 is 0 Å². The van der Waals surface area contributed by atoms with Crippen LogP contribution in [0.25, 0.3) is 10.1 Å². The molecule has 1 aromatic carbocycles. The number of rotatable bonds is 2. The largest absolute Gasteiger partial charge is 0.425 e. The van der Waals surface area contributed by atoms with Crippen molar-refractivity contribution >= 4 is 27.3 Å². The predicted molar refractivity (Wildman–Crippen MR) is 92.8 cm³/mol. The number of likely N-dealkylation sites (tertiary alicyclic amines) is 1. The summed E-state index contributed by atoms with van der Waals surface area (Å²) in [5.74, 6) is 1.42. The van der Waals surface area contributed by atoms with E-state index in [0.29, 0.717) is 38.1 Å². The SMILES string of the molecule is Cc1nnc([C@@]23COC[C@@H]2CN(C(=O)c2cc4ccccc4s2)C3)o1. The van der Waals surface area contributed by atoms with Crippen LogP contribution in [-0.2, 0) is 10.2 Å². The molecule has 2 saturated heterocycles. The molecule has 5 rings (SSSR count). The van der Waals surface area contributed by atoms with Crippen LogP contribution in [0.1, 0.15) is 21.5 Å². The first-order valence-electron chi connectivity index (χ1n) is 8.32. The molecule has 0 saturated carbocycles. The zero-order valence-electron chi connectivity index (χ0n) is 13.8. The van der Waals surface area contributed by atoms with Crippen LogP contribution in [0, 0.1) is 12.8 Å². The van der Waals surface area contributed by atoms with Crippen molar-refractivity contribution in [1.82, 2.24) is 15.1 Å². The molecule has 0 spiro atoms. The fourth-order valence-corrected chi connectivity index (χ4v) is 4.96. The van der Waals surface area contributed by atoms with Crippen LogP contribution >= 0.6 is 11.3 Å². The molecule has 2 aliphatic rings. The van der Waals surface area contributed by atoms with Crippen molar-refractivity contribution in [3.63, 3.8) is 0 Å². The third-order valence-electron chi connectivity index (χ3n) is 5.25. The van der Waals surface area contributed by atoms with Crippen molar-refractivity contribution in [2.24, 2.45) is 5.92 Å². The maximum Gasteiger partial charge on any atom is 0.264 e. The molecule has 6 nitrogen and oxygen atoms in total. The second-order valence-electron chi connectivity index (χ2n) is 6.83. The second-order valence-corrected chi connectivity index (χ2v) is 7.91. The van der Waals surface area contributed by atoms with Gasteiger partial charge in [0.1, 0.15) is 0 Å². The first kappa shape index (κ1) is 15.0. The van der Waals surface area contributed by atoms with Crippen LogP contribution in [0.15, 0.2) is 34.7 Å². The molecule has 2 aromatic heterocycles. The second kappa shape index (κ2) is 5.37. The van der Waals surface area contributed by atoms with E-state index in [9.17, 15) is 4.79 Å². The molecule has 2 aliphatic heterocycles. The first-order chi connectivity index (χ1) is 12.2. The summed E-state index contributed by atoms with van der Waals surface area (Å²) in [5, 5.41) is 9.31. The number of carbonyl (C=O) groups excluding carboxylic acids is 1. The quantitative estimate of drug-likeness (QED) is 0.707. The molecule has 7 heteroatoms. The number of hydrogen-bond acceptors (Lipinski definition) is 6. The van der Waals surface area contributed by atoms with Gasteiger partial charge >= 0.3 is 0 Å². The van der Waals surface area contributed by atoms with Gasteiger partial charge in [0.05, 0.1) is 23.5 Å². The van der Waals surface area contributed by atoms with Crippen molar-refractivity contribution in [3.05, 3.63) is 47.0 Å². The lowest BCUT2D eigenvalue weighted by atomic mass is 9.81. The van der Waals surface area contributed by atoms with Crippen LogP contribution in [0.4, 0.5) is 0 Å². The summed E-state index contributed by atoms with van der Waals surface area (Å²) in [5.41, 5.74) is -0.367. The highest BCUT2D eigenvalue weighted by molar-refractivity contribution is 7.20. The molecule has 0 bridgehead atoms. The molecular weight excluding hydrogens is 338 g/mol. The molecule has 0 unspecified atom stereocenters. The van der Waals surface area contributed by atoms with Crippen molar-refractivity contribution < 1.29 is 13.9 Å². The normalized spacial score (nSPS) is 25.6. The molecule has 0 radical (unpaired) electrons. The fraction of sp³-hybridized carbons (Fsp3) is 0.389. The van der Waals surface area contributed by atoms with Gasteiger partial charge in [-0.25, -0.2) is 0 Å². The van der Waals surface area contributed by atoms with E-state index >= 15 is 0 Å². The number of hydrogen-bond donors (Lipinski definition) is 0. The number of thiophene rings is 1. The summed E-state index contributed by atoms with van der Waals surface area (Å²) in [7, 11) is 0. The van der Waals surface area contributed by atoms with Crippen molar-refractivity contribution in [2.45, 2.75) is 12.3 Å². The van der Waals surface area contributed by atoms with E-state index in [0.717, 1.165) is 15.0 Å². The third-order valence-corrected chi connectivity index (χ3v) is 6.35. The Morgan fingerprint density at radius 1 is 1.36 bits per heavy atom. The van der Waals surface area contributed by atoms with E-state index in [1.807, 2.05) is 35.2 Å². The van der Waals surface area contributed by atoms with Crippen LogP contribution in [0.3, 0.4) is 0 Å². The number of benzene rings is 1. The number of nitrogens with zero attached hydrogens (tertiary/aromatic N) is 3. The van der Waals surface area contributed by atoms with Crippen LogP contribution in [0.2, 0.25) is 0 Å². The molecule has 128 valence electrons. The standard InChI is InChI=1S/C18H17N3O3S/c1-11-19-20-17(24-11)18-9-21(7-13(18)8-23-10-18)16(22)15-6-12-4-2-3-5-14(12)25-15/h2-6,13H,7-10H2,1H3/t13-,18-/m0/s1. The topological polar surface area (TPSA) is 68.5 Å². The third kappa shape index (κ3) is 2.22. The number of carbonyl (C=O) groups is 1. The summed E-state index contributed by atoms with van der Waals surface area (Å²) in [4.78, 5) is 15.7. The minimum absolute atomic E-state index is 0.0752. The predicted octanol–water partition coefficient (Wildman–Crippen LogP) is 2.63. The average Bonchev–Trinajstić information content (AvgIpc) is 3.35. The molecular formula is C18H17N3O3S. The van der Waals surface area contributed by atoms with E-state index in [1.54, 1.807) is 18.3 Å². The highest BCUT2D eigenvalue weighted by Gasteiger charge is 2.56. The molecule has 4 heterocycles. The van der Waals surface area contributed by atoms with Crippen LogP contribution in [0.5, 0.6) is 0 Å². The van der Waals surface area contributed by atoms with E-state index in [4.69, 9.17) is 9.15 Å². The molecule has 0 aliphatic carbocycles. The Bertz CT molecular complexity index is 932. The number of aryl methyl sites for hydroxylation is 1. The summed E-state index contributed by atoms with van der Waals surface area (Å²) < 4.78 is 12.5. The van der Waals surface area contributed by atoms with Gasteiger partial charge in [-0.2, -0.15) is 0 Å². The van der Waals surface area contributed by atoms with Crippen molar-refractivity contribution in [1.29, 1.82) is 0 Å². The smallest absolute Gasteiger partial charge is 0.264 e. The number of fused-ring (bicyclic) bond motifs is 2. The Labute approximate surface area is 148 Å². The maximum absolute atomic E-state index is 13.1. The van der Waals surface area contributed by atoms with Crippen molar-refractivity contribution in [3.8, 4) is 0 Å². The fourth-order valence-electron chi connectivity index (χ4n) is 3.93. The van der Waals surface area contributed by atoms with Gasteiger partial charge in [0.25, 0.3) is 5.91 Å². The lowest BCUT2D eigenvalue weighted by Crippen LogP contribution is -2.37. The Kier molecular flexibility index (Phi) is 3.23. The first-order valence-corrected chi connectivity index (χ1v) is 9.13. The molecule has 2 fully saturated rings. The summed E-state index contributed by atoms with van der Waals surface area (Å²) in [6.07, 6.45) is 0. The Morgan fingerprint density at radius 3 is 3.04 bits per heavy atom. The highest BCUT2D eigenvalue weighted by atomic mass is 32.1. The molecule has 3 aromatic rings. The van der Waals surface area contributed by atoms with Gasteiger partial charge in [0, 0.05) is 30.6 Å². The van der Waals surface area contributed by atoms with Crippen LogP contribution in [-0.4, -0.2) is 47.3 Å². The van der Waals surface area contributed by atoms with Gasteiger partial charge < -0.3 is 14.1 Å². The molecule has 2 atom stereocenters. The minimum Gasteiger partial charge on any atom is -0.425 e. The maximum atomic E-state index is 13.1. The highest BCUT2D eigenvalue weighted by Crippen LogP contribution is 2.44. The monoisotopic (exact) mass is 355 g/mol. The lowest BCUT2D eigenvalue weighted by Gasteiger charge is -2.22. The molecule has 1 amide bonds. The molecule has 0 N–H and O–H groups in total. The minimum atomic E-state index is -0.367. The number of amides is 1. The van der Waals surface area contributed by atoms with E-state index in [-0.39, 0.29) is 17.2 Å². The molecule has 25 heavy (non-hydrogen) atoms. The van der Waals surface area contributed by atoms with Gasteiger partial charge in [0.15, 0.2) is 0 Å². The van der Waals surface area contributed by atoms with Gasteiger partial charge in [-0.05, 0) is 17.5 Å². The summed E-state index contributed by atoms with van der Waals surface area (Å²) in [6.45, 7) is 4.15. The zero-order chi connectivity index (χ0) is 17.0. The number of aromatic nitrogens is 2. The summed E-state index contributed by atoms with van der Waals surface area (Å²) in [6, 6.07) is 10.1. The Morgan fingerprint density at radius 2 is 2.24 bits per heavy atom. The van der Waals surface area contributed by atoms with E-state index in [1.165, 1.54) is 0 Å². The number of ether oxygens (including phenoxy) is 1.